The van der Waals surface area contributed by atoms with Gasteiger partial charge < -0.3 is 15.2 Å². The van der Waals surface area contributed by atoms with E-state index >= 15 is 0 Å². The number of anilines is 1. The molecular formula is C16H12Cl2NO3-. The maximum atomic E-state index is 12.3. The van der Waals surface area contributed by atoms with Gasteiger partial charge in [0, 0.05) is 11.3 Å². The minimum absolute atomic E-state index is 0.0453. The lowest BCUT2D eigenvalue weighted by atomic mass is 10.1. The van der Waals surface area contributed by atoms with Crippen molar-refractivity contribution in [3.05, 3.63) is 62.6 Å². The number of amides is 1. The maximum Gasteiger partial charge on any atom is 0.256 e. The Labute approximate surface area is 137 Å². The molecule has 0 saturated carbocycles. The zero-order chi connectivity index (χ0) is 16.4. The second-order valence-electron chi connectivity index (χ2n) is 4.87. The van der Waals surface area contributed by atoms with E-state index in [0.717, 1.165) is 17.2 Å². The fraction of sp³-hybridized carbons (Fsp3) is 0.125. The van der Waals surface area contributed by atoms with Crippen molar-refractivity contribution in [3.63, 3.8) is 0 Å². The second kappa shape index (κ2) is 6.38. The van der Waals surface area contributed by atoms with Crippen molar-refractivity contribution in [2.45, 2.75) is 13.8 Å². The van der Waals surface area contributed by atoms with Gasteiger partial charge in [0.05, 0.1) is 21.6 Å². The first-order chi connectivity index (χ1) is 10.3. The molecule has 0 unspecified atom stereocenters. The number of aromatic carboxylic acids is 1. The SMILES string of the molecule is Cc1ccc(NC(=O)c2cc(Cl)c(Cl)cc2C(=O)[O-])c(C)c1. The number of rotatable bonds is 3. The average molecular weight is 337 g/mol. The van der Waals surface area contributed by atoms with Gasteiger partial charge in [0.2, 0.25) is 0 Å². The van der Waals surface area contributed by atoms with Gasteiger partial charge in [-0.3, -0.25) is 4.79 Å². The number of carbonyl (C=O) groups is 2. The van der Waals surface area contributed by atoms with E-state index in [0.29, 0.717) is 5.69 Å². The number of nitrogens with one attached hydrogen (secondary N) is 1. The minimum atomic E-state index is -1.50. The van der Waals surface area contributed by atoms with E-state index in [1.54, 1.807) is 6.07 Å². The van der Waals surface area contributed by atoms with Crippen molar-refractivity contribution in [2.24, 2.45) is 0 Å². The highest BCUT2D eigenvalue weighted by atomic mass is 35.5. The summed E-state index contributed by atoms with van der Waals surface area (Å²) in [6.45, 7) is 3.78. The molecule has 0 aliphatic rings. The largest absolute Gasteiger partial charge is 0.545 e. The summed E-state index contributed by atoms with van der Waals surface area (Å²) in [4.78, 5) is 23.5. The Morgan fingerprint density at radius 1 is 1.00 bits per heavy atom. The van der Waals surface area contributed by atoms with E-state index in [1.807, 2.05) is 26.0 Å². The molecule has 0 bridgehead atoms. The third-order valence-corrected chi connectivity index (χ3v) is 3.88. The molecule has 114 valence electrons. The summed E-state index contributed by atoms with van der Waals surface area (Å²) < 4.78 is 0. The lowest BCUT2D eigenvalue weighted by Gasteiger charge is -2.14. The van der Waals surface area contributed by atoms with E-state index in [1.165, 1.54) is 6.07 Å². The predicted octanol–water partition coefficient (Wildman–Crippen LogP) is 3.23. The summed E-state index contributed by atoms with van der Waals surface area (Å²) in [5.41, 5.74) is 2.10. The smallest absolute Gasteiger partial charge is 0.256 e. The van der Waals surface area contributed by atoms with E-state index in [2.05, 4.69) is 5.32 Å². The second-order valence-corrected chi connectivity index (χ2v) is 5.69. The van der Waals surface area contributed by atoms with Gasteiger partial charge in [-0.2, -0.15) is 0 Å². The summed E-state index contributed by atoms with van der Waals surface area (Å²) in [6, 6.07) is 7.82. The van der Waals surface area contributed by atoms with Crippen molar-refractivity contribution >= 4 is 40.8 Å². The lowest BCUT2D eigenvalue weighted by molar-refractivity contribution is -0.255. The first-order valence-corrected chi connectivity index (χ1v) is 7.14. The van der Waals surface area contributed by atoms with Crippen LogP contribution in [-0.2, 0) is 0 Å². The Bertz CT molecular complexity index is 772. The van der Waals surface area contributed by atoms with Gasteiger partial charge in [0.1, 0.15) is 0 Å². The standard InChI is InChI=1S/C16H13Cl2NO3/c1-8-3-4-14(9(2)5-8)19-15(20)10-6-12(17)13(18)7-11(10)16(21)22/h3-7H,1-2H3,(H,19,20)(H,21,22)/p-1. The normalized spacial score (nSPS) is 10.4. The average Bonchev–Trinajstić information content (AvgIpc) is 2.44. The molecule has 0 heterocycles. The fourth-order valence-corrected chi connectivity index (χ4v) is 2.37. The Balaban J connectivity index is 2.41. The van der Waals surface area contributed by atoms with Crippen LogP contribution in [0.5, 0.6) is 0 Å². The van der Waals surface area contributed by atoms with Crippen LogP contribution in [0.3, 0.4) is 0 Å². The Kier molecular flexibility index (Phi) is 4.74. The third-order valence-electron chi connectivity index (χ3n) is 3.16. The number of hydrogen-bond acceptors (Lipinski definition) is 3. The van der Waals surface area contributed by atoms with Crippen molar-refractivity contribution in [1.29, 1.82) is 0 Å². The number of carboxylic acids is 1. The third kappa shape index (κ3) is 3.40. The van der Waals surface area contributed by atoms with E-state index in [-0.39, 0.29) is 21.2 Å². The van der Waals surface area contributed by atoms with E-state index in [4.69, 9.17) is 23.2 Å². The van der Waals surface area contributed by atoms with E-state index < -0.39 is 11.9 Å². The summed E-state index contributed by atoms with van der Waals surface area (Å²) >= 11 is 11.6. The highest BCUT2D eigenvalue weighted by molar-refractivity contribution is 6.42. The van der Waals surface area contributed by atoms with Crippen molar-refractivity contribution in [2.75, 3.05) is 5.32 Å². The van der Waals surface area contributed by atoms with E-state index in [9.17, 15) is 14.7 Å². The highest BCUT2D eigenvalue weighted by Gasteiger charge is 2.16. The zero-order valence-electron chi connectivity index (χ0n) is 11.9. The summed E-state index contributed by atoms with van der Waals surface area (Å²) in [5, 5.41) is 14.0. The molecule has 1 N–H and O–H groups in total. The fourth-order valence-electron chi connectivity index (χ4n) is 2.05. The monoisotopic (exact) mass is 336 g/mol. The topological polar surface area (TPSA) is 69.2 Å². The van der Waals surface area contributed by atoms with Crippen molar-refractivity contribution in [3.8, 4) is 0 Å². The summed E-state index contributed by atoms with van der Waals surface area (Å²) in [5.74, 6) is -2.09. The Morgan fingerprint density at radius 2 is 1.59 bits per heavy atom. The van der Waals surface area contributed by atoms with Crippen LogP contribution in [0.15, 0.2) is 30.3 Å². The molecule has 0 atom stereocenters. The van der Waals surface area contributed by atoms with Gasteiger partial charge >= 0.3 is 0 Å². The van der Waals surface area contributed by atoms with Crippen LogP contribution >= 0.6 is 23.2 Å². The number of aryl methyl sites for hydroxylation is 2. The molecule has 2 aromatic carbocycles. The minimum Gasteiger partial charge on any atom is -0.545 e. The van der Waals surface area contributed by atoms with Crippen LogP contribution in [0.4, 0.5) is 5.69 Å². The van der Waals surface area contributed by atoms with Crippen molar-refractivity contribution < 1.29 is 14.7 Å². The maximum absolute atomic E-state index is 12.3. The molecule has 0 aliphatic carbocycles. The van der Waals surface area contributed by atoms with Crippen LogP contribution in [0, 0.1) is 13.8 Å². The first kappa shape index (κ1) is 16.3. The van der Waals surface area contributed by atoms with Gasteiger partial charge in [0.15, 0.2) is 0 Å². The van der Waals surface area contributed by atoms with Gasteiger partial charge in [-0.05, 0) is 37.6 Å². The number of carbonyl (C=O) groups excluding carboxylic acids is 2. The lowest BCUT2D eigenvalue weighted by Crippen LogP contribution is -2.26. The molecule has 6 heteroatoms. The number of benzene rings is 2. The van der Waals surface area contributed by atoms with Crippen LogP contribution in [0.1, 0.15) is 31.8 Å². The van der Waals surface area contributed by atoms with Gasteiger partial charge in [-0.25, -0.2) is 0 Å². The van der Waals surface area contributed by atoms with Crippen LogP contribution in [0.25, 0.3) is 0 Å². The van der Waals surface area contributed by atoms with Crippen LogP contribution in [0.2, 0.25) is 10.0 Å². The highest BCUT2D eigenvalue weighted by Crippen LogP contribution is 2.27. The molecule has 22 heavy (non-hydrogen) atoms. The molecule has 0 saturated heterocycles. The number of halogens is 2. The summed E-state index contributed by atoms with van der Waals surface area (Å²) in [7, 11) is 0. The predicted molar refractivity (Wildman–Crippen MR) is 84.7 cm³/mol. The first-order valence-electron chi connectivity index (χ1n) is 6.38. The molecular weight excluding hydrogens is 325 g/mol. The number of hydrogen-bond donors (Lipinski definition) is 1. The molecule has 1 amide bonds. The molecule has 0 aromatic heterocycles. The molecule has 0 radical (unpaired) electrons. The Hall–Kier alpha value is -2.04. The zero-order valence-corrected chi connectivity index (χ0v) is 13.4. The molecule has 4 nitrogen and oxygen atoms in total. The quantitative estimate of drug-likeness (QED) is 0.935. The Morgan fingerprint density at radius 3 is 2.14 bits per heavy atom. The van der Waals surface area contributed by atoms with Gasteiger partial charge in [-0.1, -0.05) is 40.9 Å². The van der Waals surface area contributed by atoms with Crippen molar-refractivity contribution in [1.82, 2.24) is 0 Å². The molecule has 0 spiro atoms. The summed E-state index contributed by atoms with van der Waals surface area (Å²) in [6.07, 6.45) is 0. The molecule has 2 rings (SSSR count). The molecule has 0 aliphatic heterocycles. The molecule has 2 aromatic rings. The number of carboxylic acid groups (broad SMARTS) is 1. The van der Waals surface area contributed by atoms with Gasteiger partial charge in [-0.15, -0.1) is 0 Å². The van der Waals surface area contributed by atoms with Crippen LogP contribution in [-0.4, -0.2) is 11.9 Å². The van der Waals surface area contributed by atoms with Crippen LogP contribution < -0.4 is 10.4 Å². The van der Waals surface area contributed by atoms with Gasteiger partial charge in [0.25, 0.3) is 5.91 Å². The molecule has 0 fully saturated rings.